The van der Waals surface area contributed by atoms with Crippen molar-refractivity contribution < 1.29 is 13.2 Å². The van der Waals surface area contributed by atoms with E-state index >= 15 is 0 Å². The van der Waals surface area contributed by atoms with Crippen molar-refractivity contribution in [2.24, 2.45) is 0 Å². The molecular formula is C14H11BrF3NS. The minimum Gasteiger partial charge on any atom is -0.381 e. The number of rotatable bonds is 5. The highest BCUT2D eigenvalue weighted by Gasteiger charge is 2.05. The second kappa shape index (κ2) is 7.04. The summed E-state index contributed by atoms with van der Waals surface area (Å²) >= 11 is 3.86. The van der Waals surface area contributed by atoms with E-state index in [0.29, 0.717) is 23.2 Å². The lowest BCUT2D eigenvalue weighted by Gasteiger charge is -2.09. The maximum absolute atomic E-state index is 13.1. The molecule has 0 aliphatic rings. The lowest BCUT2D eigenvalue weighted by Crippen LogP contribution is -2.00. The number of anilines is 1. The van der Waals surface area contributed by atoms with Gasteiger partial charge < -0.3 is 5.32 Å². The topological polar surface area (TPSA) is 12.0 Å². The summed E-state index contributed by atoms with van der Waals surface area (Å²) in [6.07, 6.45) is 0. The highest BCUT2D eigenvalue weighted by molar-refractivity contribution is 9.10. The van der Waals surface area contributed by atoms with Gasteiger partial charge in [0.05, 0.1) is 0 Å². The van der Waals surface area contributed by atoms with Crippen LogP contribution in [0.1, 0.15) is 5.56 Å². The van der Waals surface area contributed by atoms with Gasteiger partial charge in [0.15, 0.2) is 0 Å². The number of hydrogen-bond donors (Lipinski definition) is 1. The Labute approximate surface area is 127 Å². The fourth-order valence-electron chi connectivity index (χ4n) is 1.63. The average molecular weight is 362 g/mol. The van der Waals surface area contributed by atoms with E-state index in [1.54, 1.807) is 30.3 Å². The molecule has 0 radical (unpaired) electrons. The number of alkyl halides is 2. The van der Waals surface area contributed by atoms with Crippen LogP contribution in [0.15, 0.2) is 51.8 Å². The van der Waals surface area contributed by atoms with Crippen LogP contribution in [-0.4, -0.2) is 5.76 Å². The Balaban J connectivity index is 1.98. The van der Waals surface area contributed by atoms with Crippen molar-refractivity contribution in [1.82, 2.24) is 0 Å². The SMILES string of the molecule is Fc1ccc(Br)c(CNc2ccc(SC(F)F)cc2)c1. The fourth-order valence-corrected chi connectivity index (χ4v) is 2.52. The Morgan fingerprint density at radius 3 is 2.45 bits per heavy atom. The Bertz CT molecular complexity index is 575. The van der Waals surface area contributed by atoms with Crippen LogP contribution in [0.4, 0.5) is 18.9 Å². The van der Waals surface area contributed by atoms with Crippen LogP contribution in [0.5, 0.6) is 0 Å². The normalized spacial score (nSPS) is 10.8. The summed E-state index contributed by atoms with van der Waals surface area (Å²) in [4.78, 5) is 0.512. The molecule has 0 atom stereocenters. The Hall–Kier alpha value is -1.14. The van der Waals surface area contributed by atoms with Crippen molar-refractivity contribution in [3.63, 3.8) is 0 Å². The van der Waals surface area contributed by atoms with Gasteiger partial charge >= 0.3 is 0 Å². The first-order chi connectivity index (χ1) is 9.54. The van der Waals surface area contributed by atoms with E-state index in [0.717, 1.165) is 15.7 Å². The van der Waals surface area contributed by atoms with E-state index in [1.165, 1.54) is 12.1 Å². The molecule has 20 heavy (non-hydrogen) atoms. The van der Waals surface area contributed by atoms with Crippen molar-refractivity contribution in [1.29, 1.82) is 0 Å². The van der Waals surface area contributed by atoms with Crippen LogP contribution in [0, 0.1) is 5.82 Å². The average Bonchev–Trinajstić information content (AvgIpc) is 2.41. The van der Waals surface area contributed by atoms with Crippen LogP contribution in [0.3, 0.4) is 0 Å². The van der Waals surface area contributed by atoms with Crippen LogP contribution >= 0.6 is 27.7 Å². The van der Waals surface area contributed by atoms with Crippen molar-refractivity contribution >= 4 is 33.4 Å². The molecule has 0 aliphatic carbocycles. The maximum atomic E-state index is 13.1. The van der Waals surface area contributed by atoms with Crippen LogP contribution in [0.2, 0.25) is 0 Å². The summed E-state index contributed by atoms with van der Waals surface area (Å²) in [6.45, 7) is 0.444. The van der Waals surface area contributed by atoms with Crippen molar-refractivity contribution in [3.05, 3.63) is 58.3 Å². The first-order valence-corrected chi connectivity index (χ1v) is 7.44. The van der Waals surface area contributed by atoms with Crippen LogP contribution < -0.4 is 5.32 Å². The fraction of sp³-hybridized carbons (Fsp3) is 0.143. The quantitative estimate of drug-likeness (QED) is 0.704. The standard InChI is InChI=1S/C14H11BrF3NS/c15-13-6-1-10(16)7-9(13)8-19-11-2-4-12(5-3-11)20-14(17)18/h1-7,14,19H,8H2. The van der Waals surface area contributed by atoms with Gasteiger partial charge in [-0.25, -0.2) is 4.39 Å². The lowest BCUT2D eigenvalue weighted by atomic mass is 10.2. The summed E-state index contributed by atoms with van der Waals surface area (Å²) in [7, 11) is 0. The van der Waals surface area contributed by atoms with Crippen LogP contribution in [0.25, 0.3) is 0 Å². The largest absolute Gasteiger partial charge is 0.381 e. The van der Waals surface area contributed by atoms with Gasteiger partial charge in [-0.1, -0.05) is 27.7 Å². The molecule has 106 valence electrons. The molecule has 0 aromatic heterocycles. The third-order valence-corrected chi connectivity index (χ3v) is 4.07. The summed E-state index contributed by atoms with van der Waals surface area (Å²) < 4.78 is 38.3. The molecule has 0 bridgehead atoms. The number of nitrogens with one attached hydrogen (secondary N) is 1. The molecule has 6 heteroatoms. The zero-order valence-corrected chi connectivity index (χ0v) is 12.6. The molecule has 0 heterocycles. The van der Waals surface area contributed by atoms with E-state index < -0.39 is 5.76 Å². The molecule has 0 spiro atoms. The van der Waals surface area contributed by atoms with Gasteiger partial charge in [-0.2, -0.15) is 8.78 Å². The van der Waals surface area contributed by atoms with Gasteiger partial charge in [-0.05, 0) is 48.0 Å². The van der Waals surface area contributed by atoms with E-state index in [4.69, 9.17) is 0 Å². The van der Waals surface area contributed by atoms with Gasteiger partial charge in [0.25, 0.3) is 5.76 Å². The first-order valence-electron chi connectivity index (χ1n) is 5.77. The number of thioether (sulfide) groups is 1. The van der Waals surface area contributed by atoms with E-state index in [1.807, 2.05) is 0 Å². The van der Waals surface area contributed by atoms with Gasteiger partial charge in [0.1, 0.15) is 5.82 Å². The zero-order valence-electron chi connectivity index (χ0n) is 10.2. The van der Waals surface area contributed by atoms with E-state index in [-0.39, 0.29) is 5.82 Å². The summed E-state index contributed by atoms with van der Waals surface area (Å²) in [5, 5.41) is 3.12. The Kier molecular flexibility index (Phi) is 5.37. The van der Waals surface area contributed by atoms with Crippen molar-refractivity contribution in [3.8, 4) is 0 Å². The number of halogens is 4. The van der Waals surface area contributed by atoms with Gasteiger partial charge in [-0.15, -0.1) is 0 Å². The predicted molar refractivity (Wildman–Crippen MR) is 79.7 cm³/mol. The van der Waals surface area contributed by atoms with Gasteiger partial charge in [0, 0.05) is 21.6 Å². The minimum absolute atomic E-state index is 0.298. The highest BCUT2D eigenvalue weighted by atomic mass is 79.9. The molecule has 1 N–H and O–H groups in total. The molecular weight excluding hydrogens is 351 g/mol. The maximum Gasteiger partial charge on any atom is 0.288 e. The van der Waals surface area contributed by atoms with Crippen molar-refractivity contribution in [2.75, 3.05) is 5.32 Å². The molecule has 1 nitrogen and oxygen atoms in total. The van der Waals surface area contributed by atoms with Crippen LogP contribution in [-0.2, 0) is 6.54 Å². The Morgan fingerprint density at radius 2 is 1.80 bits per heavy atom. The monoisotopic (exact) mass is 361 g/mol. The minimum atomic E-state index is -2.42. The second-order valence-electron chi connectivity index (χ2n) is 3.99. The zero-order chi connectivity index (χ0) is 14.5. The van der Waals surface area contributed by atoms with Crippen molar-refractivity contribution in [2.45, 2.75) is 17.2 Å². The first kappa shape index (κ1) is 15.3. The number of benzene rings is 2. The lowest BCUT2D eigenvalue weighted by molar-refractivity contribution is 0.252. The highest BCUT2D eigenvalue weighted by Crippen LogP contribution is 2.26. The molecule has 2 rings (SSSR count). The molecule has 2 aromatic carbocycles. The predicted octanol–water partition coefficient (Wildman–Crippen LogP) is 5.52. The molecule has 0 saturated carbocycles. The Morgan fingerprint density at radius 1 is 1.10 bits per heavy atom. The summed E-state index contributed by atoms with van der Waals surface area (Å²) in [5.74, 6) is -2.72. The summed E-state index contributed by atoms with van der Waals surface area (Å²) in [6, 6.07) is 11.2. The van der Waals surface area contributed by atoms with E-state index in [2.05, 4.69) is 21.2 Å². The van der Waals surface area contributed by atoms with E-state index in [9.17, 15) is 13.2 Å². The van der Waals surface area contributed by atoms with Gasteiger partial charge in [0.2, 0.25) is 0 Å². The third-order valence-electron chi connectivity index (χ3n) is 2.57. The second-order valence-corrected chi connectivity index (χ2v) is 5.91. The summed E-state index contributed by atoms with van der Waals surface area (Å²) in [5.41, 5.74) is 1.58. The molecule has 2 aromatic rings. The molecule has 0 fully saturated rings. The van der Waals surface area contributed by atoms with Gasteiger partial charge in [-0.3, -0.25) is 0 Å². The number of hydrogen-bond acceptors (Lipinski definition) is 2. The molecule has 0 aliphatic heterocycles. The smallest absolute Gasteiger partial charge is 0.288 e. The molecule has 0 amide bonds. The molecule has 0 unspecified atom stereocenters. The molecule has 0 saturated heterocycles. The third kappa shape index (κ3) is 4.45.